The third-order valence-corrected chi connectivity index (χ3v) is 2.36. The van der Waals surface area contributed by atoms with Crippen molar-refractivity contribution in [3.63, 3.8) is 0 Å². The van der Waals surface area contributed by atoms with Crippen LogP contribution in [0.1, 0.15) is 27.2 Å². The van der Waals surface area contributed by atoms with Crippen LogP contribution in [0.5, 0.6) is 0 Å². The molecular formula is C11H24N2O2. The average molecular weight is 216 g/mol. The van der Waals surface area contributed by atoms with Gasteiger partial charge in [0.2, 0.25) is 5.91 Å². The molecule has 0 aliphatic heterocycles. The largest absolute Gasteiger partial charge is 0.383 e. The Balaban J connectivity index is 3.62. The molecule has 0 aromatic carbocycles. The van der Waals surface area contributed by atoms with E-state index in [1.54, 1.807) is 7.11 Å². The number of hydrogen-bond donors (Lipinski definition) is 1. The van der Waals surface area contributed by atoms with Crippen molar-refractivity contribution in [3.05, 3.63) is 0 Å². The van der Waals surface area contributed by atoms with E-state index in [1.807, 2.05) is 25.7 Å². The molecule has 1 N–H and O–H groups in total. The molecule has 0 radical (unpaired) electrons. The molecule has 1 unspecified atom stereocenters. The first-order chi connectivity index (χ1) is 7.15. The van der Waals surface area contributed by atoms with Gasteiger partial charge >= 0.3 is 0 Å². The first kappa shape index (κ1) is 14.4. The fourth-order valence-corrected chi connectivity index (χ4v) is 1.47. The van der Waals surface area contributed by atoms with Crippen LogP contribution in [0, 0.1) is 0 Å². The van der Waals surface area contributed by atoms with Crippen molar-refractivity contribution >= 4 is 5.91 Å². The number of hydrogen-bond acceptors (Lipinski definition) is 3. The lowest BCUT2D eigenvalue weighted by atomic mass is 10.3. The highest BCUT2D eigenvalue weighted by Crippen LogP contribution is 1.93. The van der Waals surface area contributed by atoms with Gasteiger partial charge in [-0.1, -0.05) is 0 Å². The molecule has 0 spiro atoms. The van der Waals surface area contributed by atoms with E-state index in [-0.39, 0.29) is 5.91 Å². The normalized spacial score (nSPS) is 12.5. The molecule has 0 heterocycles. The van der Waals surface area contributed by atoms with Gasteiger partial charge in [0.1, 0.15) is 0 Å². The third-order valence-electron chi connectivity index (χ3n) is 2.36. The molecule has 0 aromatic heterocycles. The average Bonchev–Trinajstić information content (AvgIpc) is 2.20. The zero-order chi connectivity index (χ0) is 11.7. The second kappa shape index (κ2) is 8.68. The van der Waals surface area contributed by atoms with Crippen LogP contribution in [0.25, 0.3) is 0 Å². The molecule has 1 amide bonds. The zero-order valence-corrected chi connectivity index (χ0v) is 10.4. The lowest BCUT2D eigenvalue weighted by Gasteiger charge is -2.19. The van der Waals surface area contributed by atoms with E-state index < -0.39 is 0 Å². The topological polar surface area (TPSA) is 41.6 Å². The third kappa shape index (κ3) is 6.47. The molecule has 0 saturated heterocycles. The lowest BCUT2D eigenvalue weighted by Crippen LogP contribution is -2.36. The molecule has 1 atom stereocenters. The van der Waals surface area contributed by atoms with Gasteiger partial charge < -0.3 is 15.0 Å². The predicted molar refractivity (Wildman–Crippen MR) is 61.9 cm³/mol. The van der Waals surface area contributed by atoms with Gasteiger partial charge in [0, 0.05) is 39.2 Å². The van der Waals surface area contributed by atoms with Crippen molar-refractivity contribution in [2.75, 3.05) is 33.4 Å². The number of carbonyl (C=O) groups is 1. The molecule has 15 heavy (non-hydrogen) atoms. The van der Waals surface area contributed by atoms with Crippen molar-refractivity contribution in [1.29, 1.82) is 0 Å². The maximum Gasteiger partial charge on any atom is 0.223 e. The number of ether oxygens (including phenoxy) is 1. The summed E-state index contributed by atoms with van der Waals surface area (Å²) >= 11 is 0. The van der Waals surface area contributed by atoms with Gasteiger partial charge in [-0.2, -0.15) is 0 Å². The highest BCUT2D eigenvalue weighted by atomic mass is 16.5. The Morgan fingerprint density at radius 1 is 1.40 bits per heavy atom. The van der Waals surface area contributed by atoms with Crippen LogP contribution in [0.4, 0.5) is 0 Å². The molecule has 4 nitrogen and oxygen atoms in total. The summed E-state index contributed by atoms with van der Waals surface area (Å²) in [6.07, 6.45) is 0.565. The molecule has 90 valence electrons. The Morgan fingerprint density at radius 3 is 2.47 bits per heavy atom. The summed E-state index contributed by atoms with van der Waals surface area (Å²) < 4.78 is 4.99. The van der Waals surface area contributed by atoms with Crippen LogP contribution in [0.15, 0.2) is 0 Å². The van der Waals surface area contributed by atoms with Crippen molar-refractivity contribution < 1.29 is 9.53 Å². The Labute approximate surface area is 93.0 Å². The number of nitrogens with one attached hydrogen (secondary N) is 1. The van der Waals surface area contributed by atoms with E-state index in [0.717, 1.165) is 19.6 Å². The highest BCUT2D eigenvalue weighted by Gasteiger charge is 2.09. The number of amides is 1. The maximum atomic E-state index is 11.6. The zero-order valence-electron chi connectivity index (χ0n) is 10.4. The standard InChI is InChI=1S/C11H24N2O2/c1-5-13(6-2)11(14)7-8-12-10(3)9-15-4/h10,12H,5-9H2,1-4H3. The molecule has 0 aliphatic rings. The van der Waals surface area contributed by atoms with Crippen LogP contribution >= 0.6 is 0 Å². The Kier molecular flexibility index (Phi) is 8.33. The first-order valence-corrected chi connectivity index (χ1v) is 5.65. The van der Waals surface area contributed by atoms with Gasteiger partial charge in [-0.3, -0.25) is 4.79 Å². The summed E-state index contributed by atoms with van der Waals surface area (Å²) in [6, 6.07) is 0.305. The molecule has 4 heteroatoms. The molecular weight excluding hydrogens is 192 g/mol. The minimum Gasteiger partial charge on any atom is -0.383 e. The smallest absolute Gasteiger partial charge is 0.223 e. The van der Waals surface area contributed by atoms with E-state index in [1.165, 1.54) is 0 Å². The summed E-state index contributed by atoms with van der Waals surface area (Å²) in [5.74, 6) is 0.220. The van der Waals surface area contributed by atoms with Crippen molar-refractivity contribution in [1.82, 2.24) is 10.2 Å². The minimum atomic E-state index is 0.220. The number of rotatable bonds is 8. The minimum absolute atomic E-state index is 0.220. The van der Waals surface area contributed by atoms with E-state index in [9.17, 15) is 4.79 Å². The SMILES string of the molecule is CCN(CC)C(=O)CCNC(C)COC. The van der Waals surface area contributed by atoms with E-state index in [4.69, 9.17) is 4.74 Å². The summed E-state index contributed by atoms with van der Waals surface area (Å²) in [5, 5.41) is 3.24. The first-order valence-electron chi connectivity index (χ1n) is 5.65. The van der Waals surface area contributed by atoms with Gasteiger partial charge in [0.25, 0.3) is 0 Å². The van der Waals surface area contributed by atoms with Crippen molar-refractivity contribution in [2.45, 2.75) is 33.2 Å². The highest BCUT2D eigenvalue weighted by molar-refractivity contribution is 5.76. The fourth-order valence-electron chi connectivity index (χ4n) is 1.47. The fraction of sp³-hybridized carbons (Fsp3) is 0.909. The van der Waals surface area contributed by atoms with Gasteiger partial charge in [0.05, 0.1) is 6.61 Å². The van der Waals surface area contributed by atoms with Gasteiger partial charge in [-0.05, 0) is 20.8 Å². The van der Waals surface area contributed by atoms with Crippen LogP contribution in [0.3, 0.4) is 0 Å². The Hall–Kier alpha value is -0.610. The second-order valence-corrected chi connectivity index (χ2v) is 3.63. The number of nitrogens with zero attached hydrogens (tertiary/aromatic N) is 1. The molecule has 0 fully saturated rings. The quantitative estimate of drug-likeness (QED) is 0.654. The van der Waals surface area contributed by atoms with Gasteiger partial charge in [0.15, 0.2) is 0 Å². The second-order valence-electron chi connectivity index (χ2n) is 3.63. The van der Waals surface area contributed by atoms with E-state index in [0.29, 0.717) is 19.1 Å². The monoisotopic (exact) mass is 216 g/mol. The summed E-state index contributed by atoms with van der Waals surface area (Å²) in [5.41, 5.74) is 0. The Morgan fingerprint density at radius 2 is 2.00 bits per heavy atom. The van der Waals surface area contributed by atoms with Crippen molar-refractivity contribution in [2.24, 2.45) is 0 Å². The van der Waals surface area contributed by atoms with Gasteiger partial charge in [-0.25, -0.2) is 0 Å². The summed E-state index contributed by atoms with van der Waals surface area (Å²) in [6.45, 7) is 9.04. The molecule has 0 saturated carbocycles. The van der Waals surface area contributed by atoms with Gasteiger partial charge in [-0.15, -0.1) is 0 Å². The Bertz CT molecular complexity index is 170. The molecule has 0 bridgehead atoms. The maximum absolute atomic E-state index is 11.6. The van der Waals surface area contributed by atoms with E-state index >= 15 is 0 Å². The number of carbonyl (C=O) groups excluding carboxylic acids is 1. The molecule has 0 aliphatic carbocycles. The van der Waals surface area contributed by atoms with E-state index in [2.05, 4.69) is 5.32 Å². The summed E-state index contributed by atoms with van der Waals surface area (Å²) in [7, 11) is 1.68. The van der Waals surface area contributed by atoms with Crippen LogP contribution < -0.4 is 5.32 Å². The summed E-state index contributed by atoms with van der Waals surface area (Å²) in [4.78, 5) is 13.4. The van der Waals surface area contributed by atoms with Crippen LogP contribution in [-0.4, -0.2) is 50.2 Å². The lowest BCUT2D eigenvalue weighted by molar-refractivity contribution is -0.130. The molecule has 0 aromatic rings. The number of methoxy groups -OCH3 is 1. The molecule has 0 rings (SSSR count). The predicted octanol–water partition coefficient (Wildman–Crippen LogP) is 0.869. The van der Waals surface area contributed by atoms with Crippen molar-refractivity contribution in [3.8, 4) is 0 Å². The van der Waals surface area contributed by atoms with Crippen LogP contribution in [-0.2, 0) is 9.53 Å². The van der Waals surface area contributed by atoms with Crippen LogP contribution in [0.2, 0.25) is 0 Å².